The smallest absolute Gasteiger partial charge is 0.382 e. The number of nitrogens with zero attached hydrogens (tertiary/aromatic N) is 3. The number of amides is 1. The van der Waals surface area contributed by atoms with E-state index < -0.39 is 11.7 Å². The van der Waals surface area contributed by atoms with Gasteiger partial charge in [-0.1, -0.05) is 12.1 Å². The summed E-state index contributed by atoms with van der Waals surface area (Å²) in [7, 11) is 0. The van der Waals surface area contributed by atoms with Crippen LogP contribution < -0.4 is 16.4 Å². The molecule has 5 aromatic rings. The highest BCUT2D eigenvalue weighted by Gasteiger charge is 2.30. The monoisotopic (exact) mass is 494 g/mol. The van der Waals surface area contributed by atoms with Crippen molar-refractivity contribution in [3.05, 3.63) is 77.1 Å². The van der Waals surface area contributed by atoms with Gasteiger partial charge in [-0.3, -0.25) is 4.79 Å². The largest absolute Gasteiger partial charge is 0.416 e. The Balaban J connectivity index is 1.49. The van der Waals surface area contributed by atoms with E-state index in [1.165, 1.54) is 29.8 Å². The van der Waals surface area contributed by atoms with E-state index >= 15 is 0 Å². The Morgan fingerprint density at radius 1 is 1.00 bits per heavy atom. The SMILES string of the molecule is Cc1ccc2c(Nc3ccc(C(F)(F)F)cc3)nccc2c1NC(=O)c1csc2c(N)ncnc12. The lowest BCUT2D eigenvalue weighted by Crippen LogP contribution is -2.13. The Hall–Kier alpha value is -4.25. The number of alkyl halides is 3. The summed E-state index contributed by atoms with van der Waals surface area (Å²) in [6.07, 6.45) is -1.53. The second-order valence-corrected chi connectivity index (χ2v) is 8.63. The molecule has 176 valence electrons. The highest BCUT2D eigenvalue weighted by atomic mass is 32.1. The molecule has 5 rings (SSSR count). The summed E-state index contributed by atoms with van der Waals surface area (Å²) in [4.78, 5) is 25.7. The van der Waals surface area contributed by atoms with Crippen LogP contribution in [0.2, 0.25) is 0 Å². The average Bonchev–Trinajstić information content (AvgIpc) is 3.26. The molecule has 0 fully saturated rings. The molecule has 3 heterocycles. The minimum absolute atomic E-state index is 0.311. The summed E-state index contributed by atoms with van der Waals surface area (Å²) in [6, 6.07) is 10.1. The predicted molar refractivity (Wildman–Crippen MR) is 131 cm³/mol. The van der Waals surface area contributed by atoms with Gasteiger partial charge in [0.1, 0.15) is 18.0 Å². The van der Waals surface area contributed by atoms with Crippen molar-refractivity contribution in [3.63, 3.8) is 0 Å². The normalized spacial score (nSPS) is 11.7. The Morgan fingerprint density at radius 3 is 2.51 bits per heavy atom. The second-order valence-electron chi connectivity index (χ2n) is 7.75. The van der Waals surface area contributed by atoms with Gasteiger partial charge in [0.05, 0.1) is 27.0 Å². The number of hydrogen-bond acceptors (Lipinski definition) is 7. The van der Waals surface area contributed by atoms with Crippen molar-refractivity contribution in [3.8, 4) is 0 Å². The number of fused-ring (bicyclic) bond motifs is 2. The molecule has 0 radical (unpaired) electrons. The molecule has 0 atom stereocenters. The zero-order chi connectivity index (χ0) is 24.7. The standard InChI is InChI=1S/C24H17F3N6OS/c1-12-2-7-16-15(8-9-29-22(16)32-14-5-3-13(4-6-14)24(25,26)27)18(12)33-23(34)17-10-35-20-19(17)30-11-31-21(20)28/h2-11H,1H3,(H,29,32)(H,33,34)(H2,28,30,31). The van der Waals surface area contributed by atoms with Crippen molar-refractivity contribution in [1.29, 1.82) is 0 Å². The molecule has 0 unspecified atom stereocenters. The summed E-state index contributed by atoms with van der Waals surface area (Å²) >= 11 is 1.29. The molecule has 0 aliphatic carbocycles. The summed E-state index contributed by atoms with van der Waals surface area (Å²) in [5.41, 5.74) is 7.88. The van der Waals surface area contributed by atoms with E-state index in [1.807, 2.05) is 19.1 Å². The minimum atomic E-state index is -4.41. The van der Waals surface area contributed by atoms with Gasteiger partial charge in [-0.05, 0) is 42.8 Å². The third-order valence-corrected chi connectivity index (χ3v) is 6.48. The molecule has 0 saturated heterocycles. The van der Waals surface area contributed by atoms with E-state index in [9.17, 15) is 18.0 Å². The summed E-state index contributed by atoms with van der Waals surface area (Å²) in [5.74, 6) is 0.406. The number of aromatic nitrogens is 3. The van der Waals surface area contributed by atoms with E-state index in [1.54, 1.807) is 17.6 Å². The van der Waals surface area contributed by atoms with Crippen LogP contribution in [0.1, 0.15) is 21.5 Å². The fraction of sp³-hybridized carbons (Fsp3) is 0.0833. The molecule has 7 nitrogen and oxygen atoms in total. The molecule has 3 aromatic heterocycles. The van der Waals surface area contributed by atoms with Gasteiger partial charge >= 0.3 is 6.18 Å². The summed E-state index contributed by atoms with van der Waals surface area (Å²) < 4.78 is 39.2. The molecule has 1 amide bonds. The molecule has 4 N–H and O–H groups in total. The number of pyridine rings is 1. The number of nitrogens with one attached hydrogen (secondary N) is 2. The van der Waals surface area contributed by atoms with E-state index in [0.717, 1.165) is 23.1 Å². The third kappa shape index (κ3) is 4.21. The lowest BCUT2D eigenvalue weighted by atomic mass is 10.0. The quantitative estimate of drug-likeness (QED) is 0.277. The fourth-order valence-electron chi connectivity index (χ4n) is 3.72. The number of anilines is 4. The molecular formula is C24H17F3N6OS. The molecule has 0 bridgehead atoms. The highest BCUT2D eigenvalue weighted by molar-refractivity contribution is 7.18. The number of thiophene rings is 1. The van der Waals surface area contributed by atoms with Gasteiger partial charge in [-0.2, -0.15) is 13.2 Å². The molecule has 2 aromatic carbocycles. The molecule has 0 spiro atoms. The Labute approximate surface area is 200 Å². The van der Waals surface area contributed by atoms with Crippen molar-refractivity contribution in [2.24, 2.45) is 0 Å². The first kappa shape index (κ1) is 22.5. The number of carbonyl (C=O) groups excluding carboxylic acids is 1. The van der Waals surface area contributed by atoms with Gasteiger partial charge in [0.2, 0.25) is 0 Å². The Bertz CT molecular complexity index is 1580. The van der Waals surface area contributed by atoms with Crippen LogP contribution in [-0.2, 0) is 6.18 Å². The van der Waals surface area contributed by atoms with Gasteiger partial charge in [0.15, 0.2) is 0 Å². The van der Waals surface area contributed by atoms with Crippen molar-refractivity contribution >= 4 is 61.2 Å². The van der Waals surface area contributed by atoms with Gasteiger partial charge in [-0.15, -0.1) is 11.3 Å². The molecule has 0 aliphatic heterocycles. The molecule has 11 heteroatoms. The maximum atomic E-state index is 13.2. The van der Waals surface area contributed by atoms with E-state index in [-0.39, 0.29) is 5.91 Å². The van der Waals surface area contributed by atoms with Crippen LogP contribution in [0.4, 0.5) is 36.2 Å². The minimum Gasteiger partial charge on any atom is -0.382 e. The number of benzene rings is 2. The Morgan fingerprint density at radius 2 is 1.77 bits per heavy atom. The van der Waals surface area contributed by atoms with Crippen LogP contribution in [0.5, 0.6) is 0 Å². The van der Waals surface area contributed by atoms with Gasteiger partial charge < -0.3 is 16.4 Å². The highest BCUT2D eigenvalue weighted by Crippen LogP contribution is 2.35. The first-order valence-corrected chi connectivity index (χ1v) is 11.2. The van der Waals surface area contributed by atoms with E-state index in [2.05, 4.69) is 25.6 Å². The first-order valence-electron chi connectivity index (χ1n) is 10.3. The van der Waals surface area contributed by atoms with Crippen molar-refractivity contribution in [2.75, 3.05) is 16.4 Å². The number of nitrogen functional groups attached to an aromatic ring is 1. The van der Waals surface area contributed by atoms with Crippen LogP contribution in [0, 0.1) is 6.92 Å². The van der Waals surface area contributed by atoms with E-state index in [4.69, 9.17) is 5.73 Å². The average molecular weight is 495 g/mol. The molecular weight excluding hydrogens is 477 g/mol. The number of hydrogen-bond donors (Lipinski definition) is 3. The van der Waals surface area contributed by atoms with Crippen LogP contribution >= 0.6 is 11.3 Å². The topological polar surface area (TPSA) is 106 Å². The van der Waals surface area contributed by atoms with Gasteiger partial charge in [0, 0.05) is 28.0 Å². The van der Waals surface area contributed by atoms with Crippen LogP contribution in [-0.4, -0.2) is 20.9 Å². The van der Waals surface area contributed by atoms with Crippen molar-refractivity contribution in [2.45, 2.75) is 13.1 Å². The molecule has 0 saturated carbocycles. The first-order chi connectivity index (χ1) is 16.7. The maximum Gasteiger partial charge on any atom is 0.416 e. The zero-order valence-electron chi connectivity index (χ0n) is 18.1. The van der Waals surface area contributed by atoms with Crippen molar-refractivity contribution < 1.29 is 18.0 Å². The number of carbonyl (C=O) groups is 1. The van der Waals surface area contributed by atoms with Crippen molar-refractivity contribution in [1.82, 2.24) is 15.0 Å². The number of nitrogens with two attached hydrogens (primary N) is 1. The maximum absolute atomic E-state index is 13.2. The Kier molecular flexibility index (Phi) is 5.48. The van der Waals surface area contributed by atoms with Crippen LogP contribution in [0.15, 0.2) is 60.4 Å². The fourth-order valence-corrected chi connectivity index (χ4v) is 4.62. The zero-order valence-corrected chi connectivity index (χ0v) is 19.0. The number of aryl methyl sites for hydroxylation is 1. The third-order valence-electron chi connectivity index (χ3n) is 5.49. The number of rotatable bonds is 4. The van der Waals surface area contributed by atoms with Gasteiger partial charge in [-0.25, -0.2) is 15.0 Å². The molecule has 35 heavy (non-hydrogen) atoms. The van der Waals surface area contributed by atoms with Crippen LogP contribution in [0.3, 0.4) is 0 Å². The summed E-state index contributed by atoms with van der Waals surface area (Å²) in [5, 5.41) is 9.13. The van der Waals surface area contributed by atoms with Gasteiger partial charge in [0.25, 0.3) is 5.91 Å². The van der Waals surface area contributed by atoms with E-state index in [0.29, 0.717) is 44.2 Å². The molecule has 0 aliphatic rings. The number of halogens is 3. The second kappa shape index (κ2) is 8.51. The predicted octanol–water partition coefficient (Wildman–Crippen LogP) is 6.14. The lowest BCUT2D eigenvalue weighted by Gasteiger charge is -2.15. The van der Waals surface area contributed by atoms with Crippen LogP contribution in [0.25, 0.3) is 21.0 Å². The summed E-state index contributed by atoms with van der Waals surface area (Å²) in [6.45, 7) is 1.87. The lowest BCUT2D eigenvalue weighted by molar-refractivity contribution is -0.137.